The van der Waals surface area contributed by atoms with Crippen LogP contribution in [0.5, 0.6) is 5.75 Å². The molecular weight excluding hydrogens is 352 g/mol. The van der Waals surface area contributed by atoms with E-state index in [4.69, 9.17) is 4.74 Å². The van der Waals surface area contributed by atoms with Gasteiger partial charge in [0.2, 0.25) is 15.9 Å². The first-order chi connectivity index (χ1) is 12.4. The highest BCUT2D eigenvalue weighted by Crippen LogP contribution is 2.23. The molecule has 0 radical (unpaired) electrons. The Morgan fingerprint density at radius 2 is 1.69 bits per heavy atom. The zero-order valence-electron chi connectivity index (χ0n) is 15.2. The summed E-state index contributed by atoms with van der Waals surface area (Å²) in [4.78, 5) is 12.4. The number of anilines is 1. The molecule has 2 rings (SSSR count). The van der Waals surface area contributed by atoms with Gasteiger partial charge in [0, 0.05) is 12.1 Å². The number of rotatable bonds is 8. The van der Waals surface area contributed by atoms with Gasteiger partial charge in [0.1, 0.15) is 12.3 Å². The summed E-state index contributed by atoms with van der Waals surface area (Å²) in [6.07, 6.45) is 1.78. The van der Waals surface area contributed by atoms with Gasteiger partial charge in [-0.3, -0.25) is 9.10 Å². The molecular formula is C19H24N2O4S. The average Bonchev–Trinajstić information content (AvgIpc) is 2.63. The van der Waals surface area contributed by atoms with Gasteiger partial charge in [-0.25, -0.2) is 8.42 Å². The molecule has 0 atom stereocenters. The molecule has 7 heteroatoms. The van der Waals surface area contributed by atoms with E-state index >= 15 is 0 Å². The van der Waals surface area contributed by atoms with Crippen molar-refractivity contribution in [2.45, 2.75) is 19.9 Å². The highest BCUT2D eigenvalue weighted by Gasteiger charge is 2.22. The van der Waals surface area contributed by atoms with Gasteiger partial charge in [-0.15, -0.1) is 0 Å². The second-order valence-electron chi connectivity index (χ2n) is 5.84. The Labute approximate surface area is 154 Å². The lowest BCUT2D eigenvalue weighted by atomic mass is 10.1. The minimum atomic E-state index is -3.59. The molecule has 1 amide bonds. The third-order valence-electron chi connectivity index (χ3n) is 4.00. The number of carbonyl (C=O) groups is 1. The van der Waals surface area contributed by atoms with Gasteiger partial charge in [0.05, 0.1) is 19.1 Å². The number of methoxy groups -OCH3 is 1. The zero-order valence-corrected chi connectivity index (χ0v) is 16.0. The number of ether oxygens (including phenoxy) is 1. The Balaban J connectivity index is 2.15. The lowest BCUT2D eigenvalue weighted by Gasteiger charge is -2.24. The summed E-state index contributed by atoms with van der Waals surface area (Å²) in [5, 5.41) is 2.76. The third-order valence-corrected chi connectivity index (χ3v) is 5.12. The van der Waals surface area contributed by atoms with Crippen molar-refractivity contribution in [1.82, 2.24) is 5.32 Å². The van der Waals surface area contributed by atoms with E-state index in [0.29, 0.717) is 17.9 Å². The summed E-state index contributed by atoms with van der Waals surface area (Å²) in [6.45, 7) is 1.93. The molecule has 1 N–H and O–H groups in total. The Bertz CT molecular complexity index is 865. The van der Waals surface area contributed by atoms with Crippen LogP contribution in [0.15, 0.2) is 48.5 Å². The fourth-order valence-corrected chi connectivity index (χ4v) is 3.55. The van der Waals surface area contributed by atoms with Gasteiger partial charge in [-0.05, 0) is 24.1 Å². The maximum Gasteiger partial charge on any atom is 0.241 e. The molecule has 0 saturated carbocycles. The van der Waals surface area contributed by atoms with Gasteiger partial charge in [0.15, 0.2) is 0 Å². The first-order valence-electron chi connectivity index (χ1n) is 8.31. The molecule has 2 aromatic rings. The average molecular weight is 376 g/mol. The Hall–Kier alpha value is -2.54. The summed E-state index contributed by atoms with van der Waals surface area (Å²) in [7, 11) is -2.03. The van der Waals surface area contributed by atoms with Gasteiger partial charge in [-0.2, -0.15) is 0 Å². The van der Waals surface area contributed by atoms with Gasteiger partial charge < -0.3 is 10.1 Å². The van der Waals surface area contributed by atoms with E-state index in [1.807, 2.05) is 43.3 Å². The molecule has 0 spiro atoms. The summed E-state index contributed by atoms with van der Waals surface area (Å²) < 4.78 is 30.9. The van der Waals surface area contributed by atoms with E-state index in [-0.39, 0.29) is 19.0 Å². The summed E-state index contributed by atoms with van der Waals surface area (Å²) in [6, 6.07) is 14.5. The SMILES string of the molecule is CCc1ccccc1N(CC(=O)NCc1ccccc1OC)S(C)(=O)=O. The normalized spacial score (nSPS) is 11.0. The van der Waals surface area contributed by atoms with Gasteiger partial charge in [-0.1, -0.05) is 43.3 Å². The second-order valence-corrected chi connectivity index (χ2v) is 7.75. The molecule has 26 heavy (non-hydrogen) atoms. The number of hydrogen-bond acceptors (Lipinski definition) is 4. The highest BCUT2D eigenvalue weighted by atomic mass is 32.2. The van der Waals surface area contributed by atoms with Crippen molar-refractivity contribution in [1.29, 1.82) is 0 Å². The largest absolute Gasteiger partial charge is 0.496 e. The smallest absolute Gasteiger partial charge is 0.241 e. The van der Waals surface area contributed by atoms with Crippen LogP contribution in [0.1, 0.15) is 18.1 Å². The topological polar surface area (TPSA) is 75.7 Å². The number of benzene rings is 2. The summed E-state index contributed by atoms with van der Waals surface area (Å²) >= 11 is 0. The summed E-state index contributed by atoms with van der Waals surface area (Å²) in [5.74, 6) is 0.288. The molecule has 140 valence electrons. The number of sulfonamides is 1. The number of nitrogens with zero attached hydrogens (tertiary/aromatic N) is 1. The van der Waals surface area contributed by atoms with E-state index in [1.54, 1.807) is 19.2 Å². The Morgan fingerprint density at radius 1 is 1.08 bits per heavy atom. The number of hydrogen-bond donors (Lipinski definition) is 1. The molecule has 0 saturated heterocycles. The minimum Gasteiger partial charge on any atom is -0.496 e. The van der Waals surface area contributed by atoms with Crippen LogP contribution in [-0.4, -0.2) is 34.2 Å². The van der Waals surface area contributed by atoms with Crippen LogP contribution in [0, 0.1) is 0 Å². The van der Waals surface area contributed by atoms with E-state index in [2.05, 4.69) is 5.32 Å². The molecule has 0 aliphatic heterocycles. The van der Waals surface area contributed by atoms with Crippen LogP contribution in [0.25, 0.3) is 0 Å². The molecule has 0 fully saturated rings. The fraction of sp³-hybridized carbons (Fsp3) is 0.316. The Kier molecular flexibility index (Phi) is 6.63. The number of para-hydroxylation sites is 2. The number of nitrogens with one attached hydrogen (secondary N) is 1. The van der Waals surface area contributed by atoms with Crippen molar-refractivity contribution in [2.24, 2.45) is 0 Å². The van der Waals surface area contributed by atoms with E-state index in [0.717, 1.165) is 21.7 Å². The van der Waals surface area contributed by atoms with Crippen LogP contribution in [0.3, 0.4) is 0 Å². The van der Waals surface area contributed by atoms with Gasteiger partial charge in [0.25, 0.3) is 0 Å². The van der Waals surface area contributed by atoms with Crippen molar-refractivity contribution in [3.63, 3.8) is 0 Å². The number of aryl methyl sites for hydroxylation is 1. The van der Waals surface area contributed by atoms with Crippen molar-refractivity contribution in [2.75, 3.05) is 24.2 Å². The molecule has 0 aliphatic carbocycles. The zero-order chi connectivity index (χ0) is 19.2. The highest BCUT2D eigenvalue weighted by molar-refractivity contribution is 7.92. The lowest BCUT2D eigenvalue weighted by molar-refractivity contribution is -0.119. The summed E-state index contributed by atoms with van der Waals surface area (Å²) in [5.41, 5.74) is 2.23. The van der Waals surface area contributed by atoms with Crippen LogP contribution in [0.2, 0.25) is 0 Å². The molecule has 0 aliphatic rings. The molecule has 0 unspecified atom stereocenters. The fourth-order valence-electron chi connectivity index (χ4n) is 2.66. The van der Waals surface area contributed by atoms with E-state index in [9.17, 15) is 13.2 Å². The molecule has 0 bridgehead atoms. The lowest BCUT2D eigenvalue weighted by Crippen LogP contribution is -2.40. The predicted octanol–water partition coefficient (Wildman–Crippen LogP) is 2.34. The molecule has 0 heterocycles. The number of amides is 1. The minimum absolute atomic E-state index is 0.260. The monoisotopic (exact) mass is 376 g/mol. The van der Waals surface area contributed by atoms with Crippen LogP contribution in [-0.2, 0) is 27.8 Å². The quantitative estimate of drug-likeness (QED) is 0.767. The van der Waals surface area contributed by atoms with Crippen LogP contribution >= 0.6 is 0 Å². The van der Waals surface area contributed by atoms with Crippen molar-refractivity contribution < 1.29 is 17.9 Å². The molecule has 2 aromatic carbocycles. The molecule has 0 aromatic heterocycles. The van der Waals surface area contributed by atoms with E-state index in [1.165, 1.54) is 0 Å². The number of carbonyl (C=O) groups excluding carboxylic acids is 1. The predicted molar refractivity (Wildman–Crippen MR) is 103 cm³/mol. The van der Waals surface area contributed by atoms with Crippen molar-refractivity contribution in [3.05, 3.63) is 59.7 Å². The maximum absolute atomic E-state index is 12.4. The second kappa shape index (κ2) is 8.71. The van der Waals surface area contributed by atoms with Crippen molar-refractivity contribution in [3.8, 4) is 5.75 Å². The first-order valence-corrected chi connectivity index (χ1v) is 10.2. The van der Waals surface area contributed by atoms with Crippen LogP contribution < -0.4 is 14.4 Å². The van der Waals surface area contributed by atoms with Crippen molar-refractivity contribution >= 4 is 21.6 Å². The molecule has 6 nitrogen and oxygen atoms in total. The standard InChI is InChI=1S/C19H24N2O4S/c1-4-15-9-5-7-11-17(15)21(26(3,23)24)14-19(22)20-13-16-10-6-8-12-18(16)25-2/h5-12H,4,13-14H2,1-3H3,(H,20,22). The third kappa shape index (κ3) is 4.98. The maximum atomic E-state index is 12.4. The Morgan fingerprint density at radius 3 is 2.31 bits per heavy atom. The van der Waals surface area contributed by atoms with Gasteiger partial charge >= 0.3 is 0 Å². The first kappa shape index (κ1) is 19.8. The van der Waals surface area contributed by atoms with E-state index < -0.39 is 10.0 Å². The van der Waals surface area contributed by atoms with Crippen LogP contribution in [0.4, 0.5) is 5.69 Å².